The maximum absolute atomic E-state index is 10.7. The van der Waals surface area contributed by atoms with Gasteiger partial charge in [-0.3, -0.25) is 4.79 Å². The number of rotatable bonds is 3. The lowest BCUT2D eigenvalue weighted by Gasteiger charge is -2.14. The Kier molecular flexibility index (Phi) is 3.09. The Balaban J connectivity index is 2.53. The van der Waals surface area contributed by atoms with Gasteiger partial charge in [-0.05, 0) is 18.8 Å². The first-order valence-electron chi connectivity index (χ1n) is 4.67. The van der Waals surface area contributed by atoms with Crippen molar-refractivity contribution in [1.82, 2.24) is 5.32 Å². The number of nitrogens with one attached hydrogen (secondary N) is 1. The molecule has 0 aromatic carbocycles. The molecule has 0 spiro atoms. The monoisotopic (exact) mass is 171 g/mol. The summed E-state index contributed by atoms with van der Waals surface area (Å²) in [5, 5.41) is 11.9. The Morgan fingerprint density at radius 3 is 2.50 bits per heavy atom. The molecule has 3 heteroatoms. The van der Waals surface area contributed by atoms with Crippen LogP contribution in [0.15, 0.2) is 0 Å². The number of carboxylic acids is 1. The molecule has 0 aromatic rings. The first-order chi connectivity index (χ1) is 5.69. The lowest BCUT2D eigenvalue weighted by atomic mass is 9.95. The second-order valence-electron chi connectivity index (χ2n) is 3.48. The zero-order valence-corrected chi connectivity index (χ0v) is 7.71. The van der Waals surface area contributed by atoms with Gasteiger partial charge in [0, 0.05) is 6.04 Å². The van der Waals surface area contributed by atoms with Gasteiger partial charge in [0.05, 0.1) is 0 Å². The molecule has 0 bridgehead atoms. The normalized spacial score (nSPS) is 35.3. The smallest absolute Gasteiger partial charge is 0.320 e. The molecule has 0 aliphatic carbocycles. The molecule has 1 heterocycles. The summed E-state index contributed by atoms with van der Waals surface area (Å²) in [4.78, 5) is 10.7. The van der Waals surface area contributed by atoms with Gasteiger partial charge in [0.2, 0.25) is 0 Å². The maximum Gasteiger partial charge on any atom is 0.320 e. The number of hydrogen-bond donors (Lipinski definition) is 2. The summed E-state index contributed by atoms with van der Waals surface area (Å²) in [5.41, 5.74) is 0. The standard InChI is InChI=1S/C9H17NO2/c1-3-6-5-8(9(11)12)10-7(6)4-2/h6-8,10H,3-5H2,1-2H3,(H,11,12)/t6-,7-,8-/m1/s1. The Labute approximate surface area is 73.2 Å². The van der Waals surface area contributed by atoms with Gasteiger partial charge in [0.15, 0.2) is 0 Å². The lowest BCUT2D eigenvalue weighted by molar-refractivity contribution is -0.139. The first-order valence-corrected chi connectivity index (χ1v) is 4.67. The van der Waals surface area contributed by atoms with Crippen molar-refractivity contribution in [3.63, 3.8) is 0 Å². The molecule has 1 fully saturated rings. The predicted octanol–water partition coefficient (Wildman–Crippen LogP) is 1.24. The summed E-state index contributed by atoms with van der Waals surface area (Å²) < 4.78 is 0. The summed E-state index contributed by atoms with van der Waals surface area (Å²) >= 11 is 0. The van der Waals surface area contributed by atoms with Crippen molar-refractivity contribution in [2.75, 3.05) is 0 Å². The molecule has 1 aliphatic rings. The molecule has 1 rings (SSSR count). The summed E-state index contributed by atoms with van der Waals surface area (Å²) in [5.74, 6) is -0.152. The van der Waals surface area contributed by atoms with E-state index in [4.69, 9.17) is 5.11 Å². The first kappa shape index (κ1) is 9.52. The molecule has 3 atom stereocenters. The molecule has 3 nitrogen and oxygen atoms in total. The van der Waals surface area contributed by atoms with Gasteiger partial charge < -0.3 is 10.4 Å². The Hall–Kier alpha value is -0.570. The Morgan fingerprint density at radius 1 is 1.50 bits per heavy atom. The number of carbonyl (C=O) groups is 1. The minimum absolute atomic E-state index is 0.306. The van der Waals surface area contributed by atoms with Crippen molar-refractivity contribution in [1.29, 1.82) is 0 Å². The maximum atomic E-state index is 10.7. The third kappa shape index (κ3) is 1.78. The molecular weight excluding hydrogens is 154 g/mol. The third-order valence-electron chi connectivity index (χ3n) is 2.79. The van der Waals surface area contributed by atoms with Crippen LogP contribution in [0.2, 0.25) is 0 Å². The topological polar surface area (TPSA) is 49.3 Å². The Morgan fingerprint density at radius 2 is 2.17 bits per heavy atom. The van der Waals surface area contributed by atoms with E-state index < -0.39 is 5.97 Å². The van der Waals surface area contributed by atoms with Crippen LogP contribution in [0.1, 0.15) is 33.1 Å². The molecular formula is C9H17NO2. The van der Waals surface area contributed by atoms with E-state index in [1.165, 1.54) is 0 Å². The van der Waals surface area contributed by atoms with E-state index in [-0.39, 0.29) is 6.04 Å². The molecule has 70 valence electrons. The molecule has 1 saturated heterocycles. The van der Waals surface area contributed by atoms with Crippen molar-refractivity contribution in [3.05, 3.63) is 0 Å². The van der Waals surface area contributed by atoms with Gasteiger partial charge >= 0.3 is 5.97 Å². The highest BCUT2D eigenvalue weighted by Crippen LogP contribution is 2.25. The molecule has 0 radical (unpaired) electrons. The molecule has 0 amide bonds. The number of hydrogen-bond acceptors (Lipinski definition) is 2. The number of aliphatic carboxylic acids is 1. The van der Waals surface area contributed by atoms with Crippen LogP contribution in [0.5, 0.6) is 0 Å². The van der Waals surface area contributed by atoms with E-state index in [9.17, 15) is 4.79 Å². The highest BCUT2D eigenvalue weighted by Gasteiger charge is 2.34. The van der Waals surface area contributed by atoms with Gasteiger partial charge in [-0.2, -0.15) is 0 Å². The highest BCUT2D eigenvalue weighted by molar-refractivity contribution is 5.74. The van der Waals surface area contributed by atoms with Gasteiger partial charge in [0.1, 0.15) is 6.04 Å². The second kappa shape index (κ2) is 3.90. The van der Waals surface area contributed by atoms with Crippen LogP contribution < -0.4 is 5.32 Å². The van der Waals surface area contributed by atoms with Crippen molar-refractivity contribution in [3.8, 4) is 0 Å². The average molecular weight is 171 g/mol. The van der Waals surface area contributed by atoms with E-state index in [0.29, 0.717) is 12.0 Å². The Bertz CT molecular complexity index is 158. The van der Waals surface area contributed by atoms with E-state index in [2.05, 4.69) is 19.2 Å². The van der Waals surface area contributed by atoms with Gasteiger partial charge in [0.25, 0.3) is 0 Å². The molecule has 1 aliphatic heterocycles. The quantitative estimate of drug-likeness (QED) is 0.671. The van der Waals surface area contributed by atoms with E-state index in [0.717, 1.165) is 19.3 Å². The molecule has 0 aromatic heterocycles. The highest BCUT2D eigenvalue weighted by atomic mass is 16.4. The molecule has 0 saturated carbocycles. The summed E-state index contributed by atoms with van der Waals surface area (Å²) in [6.45, 7) is 4.23. The van der Waals surface area contributed by atoms with Crippen LogP contribution in [0.4, 0.5) is 0 Å². The summed E-state index contributed by atoms with van der Waals surface area (Å²) in [7, 11) is 0. The molecule has 0 unspecified atom stereocenters. The third-order valence-corrected chi connectivity index (χ3v) is 2.79. The van der Waals surface area contributed by atoms with E-state index in [1.54, 1.807) is 0 Å². The van der Waals surface area contributed by atoms with Crippen LogP contribution in [0.3, 0.4) is 0 Å². The predicted molar refractivity (Wildman–Crippen MR) is 47.0 cm³/mol. The summed E-state index contributed by atoms with van der Waals surface area (Å²) in [6, 6.07) is 0.107. The minimum atomic E-state index is -0.704. The van der Waals surface area contributed by atoms with E-state index >= 15 is 0 Å². The largest absolute Gasteiger partial charge is 0.480 e. The van der Waals surface area contributed by atoms with Gasteiger partial charge in [-0.1, -0.05) is 20.3 Å². The van der Waals surface area contributed by atoms with Crippen molar-refractivity contribution < 1.29 is 9.90 Å². The lowest BCUT2D eigenvalue weighted by Crippen LogP contribution is -2.35. The van der Waals surface area contributed by atoms with Gasteiger partial charge in [-0.15, -0.1) is 0 Å². The zero-order chi connectivity index (χ0) is 9.14. The molecule has 12 heavy (non-hydrogen) atoms. The van der Waals surface area contributed by atoms with Crippen LogP contribution in [-0.2, 0) is 4.79 Å². The number of carboxylic acid groups (broad SMARTS) is 1. The van der Waals surface area contributed by atoms with Crippen LogP contribution >= 0.6 is 0 Å². The van der Waals surface area contributed by atoms with Crippen LogP contribution in [-0.4, -0.2) is 23.2 Å². The fourth-order valence-corrected chi connectivity index (χ4v) is 2.00. The van der Waals surface area contributed by atoms with Crippen molar-refractivity contribution >= 4 is 5.97 Å². The summed E-state index contributed by atoms with van der Waals surface area (Å²) in [6.07, 6.45) is 2.90. The second-order valence-corrected chi connectivity index (χ2v) is 3.48. The minimum Gasteiger partial charge on any atom is -0.480 e. The van der Waals surface area contributed by atoms with Crippen LogP contribution in [0, 0.1) is 5.92 Å². The SMILES string of the molecule is CC[C@@H]1C[C@H](C(=O)O)N[C@@H]1CC. The zero-order valence-electron chi connectivity index (χ0n) is 7.71. The fraction of sp³-hybridized carbons (Fsp3) is 0.889. The van der Waals surface area contributed by atoms with E-state index in [1.807, 2.05) is 0 Å². The fourth-order valence-electron chi connectivity index (χ4n) is 2.00. The average Bonchev–Trinajstić information content (AvgIpc) is 2.46. The van der Waals surface area contributed by atoms with Gasteiger partial charge in [-0.25, -0.2) is 0 Å². The molecule has 2 N–H and O–H groups in total. The van der Waals surface area contributed by atoms with Crippen molar-refractivity contribution in [2.24, 2.45) is 5.92 Å². The van der Waals surface area contributed by atoms with Crippen molar-refractivity contribution in [2.45, 2.75) is 45.2 Å². The van der Waals surface area contributed by atoms with Crippen LogP contribution in [0.25, 0.3) is 0 Å².